The van der Waals surface area contributed by atoms with Crippen LogP contribution in [0.25, 0.3) is 0 Å². The molecular formula is C25H28N4O5. The lowest BCUT2D eigenvalue weighted by Gasteiger charge is -2.31. The highest BCUT2D eigenvalue weighted by Crippen LogP contribution is 2.21. The Hall–Kier alpha value is -3.88. The van der Waals surface area contributed by atoms with E-state index >= 15 is 0 Å². The van der Waals surface area contributed by atoms with Crippen molar-refractivity contribution in [1.82, 2.24) is 20.9 Å². The zero-order valence-electron chi connectivity index (χ0n) is 18.7. The molecule has 3 atom stereocenters. The standard InChI is InChI=1S/C25H28N4O5/c30-18-10-8-17(9-11-18)13-19-23(32)26-15-22(31)27-20(14-16-5-2-1-3-6-16)25(34)29-12-4-7-21(29)24(33)28-19/h1-3,5-6,8-11,19-21,30H,4,7,12-15H2,(H,26,32)(H,27,31)(H,28,33)/t19-,20+,21+/m1/s1. The fourth-order valence-corrected chi connectivity index (χ4v) is 4.43. The van der Waals surface area contributed by atoms with Crippen molar-refractivity contribution in [3.63, 3.8) is 0 Å². The van der Waals surface area contributed by atoms with E-state index in [2.05, 4.69) is 16.0 Å². The third kappa shape index (κ3) is 5.54. The van der Waals surface area contributed by atoms with Crippen molar-refractivity contribution in [3.05, 3.63) is 65.7 Å². The number of nitrogens with one attached hydrogen (secondary N) is 3. The number of phenolic OH excluding ortho intramolecular Hbond substituents is 1. The maximum Gasteiger partial charge on any atom is 0.246 e. The zero-order valence-corrected chi connectivity index (χ0v) is 18.7. The fourth-order valence-electron chi connectivity index (χ4n) is 4.43. The molecule has 4 N–H and O–H groups in total. The van der Waals surface area contributed by atoms with Gasteiger partial charge in [-0.1, -0.05) is 42.5 Å². The number of aromatic hydroxyl groups is 1. The van der Waals surface area contributed by atoms with E-state index in [9.17, 15) is 24.3 Å². The second kappa shape index (κ2) is 10.4. The minimum Gasteiger partial charge on any atom is -0.508 e. The highest BCUT2D eigenvalue weighted by molar-refractivity contribution is 5.97. The summed E-state index contributed by atoms with van der Waals surface area (Å²) >= 11 is 0. The molecule has 0 aliphatic carbocycles. The average molecular weight is 465 g/mol. The van der Waals surface area contributed by atoms with Gasteiger partial charge in [0.15, 0.2) is 0 Å². The van der Waals surface area contributed by atoms with Gasteiger partial charge < -0.3 is 26.0 Å². The summed E-state index contributed by atoms with van der Waals surface area (Å²) < 4.78 is 0. The number of carbonyl (C=O) groups excluding carboxylic acids is 4. The molecule has 2 aliphatic rings. The third-order valence-electron chi connectivity index (χ3n) is 6.19. The quantitative estimate of drug-likeness (QED) is 0.517. The van der Waals surface area contributed by atoms with Crippen LogP contribution < -0.4 is 16.0 Å². The molecule has 9 heteroatoms. The Morgan fingerprint density at radius 2 is 1.50 bits per heavy atom. The van der Waals surface area contributed by atoms with Crippen LogP contribution in [0.3, 0.4) is 0 Å². The van der Waals surface area contributed by atoms with Crippen molar-refractivity contribution in [3.8, 4) is 5.75 Å². The number of benzene rings is 2. The van der Waals surface area contributed by atoms with E-state index in [0.717, 1.165) is 11.1 Å². The Kier molecular flexibility index (Phi) is 7.10. The summed E-state index contributed by atoms with van der Waals surface area (Å²) in [7, 11) is 0. The number of amides is 4. The van der Waals surface area contributed by atoms with Crippen LogP contribution in [0.15, 0.2) is 54.6 Å². The second-order valence-corrected chi connectivity index (χ2v) is 8.65. The van der Waals surface area contributed by atoms with Gasteiger partial charge in [-0.15, -0.1) is 0 Å². The SMILES string of the molecule is O=C1CNC(=O)[C@@H](Cc2ccc(O)cc2)NC(=O)[C@@H]2CCCN2C(=O)[C@H](Cc2ccccc2)N1. The average Bonchev–Trinajstić information content (AvgIpc) is 3.33. The number of phenols is 1. The van der Waals surface area contributed by atoms with Gasteiger partial charge in [0.05, 0.1) is 6.54 Å². The summed E-state index contributed by atoms with van der Waals surface area (Å²) in [6, 6.07) is 13.2. The third-order valence-corrected chi connectivity index (χ3v) is 6.19. The Balaban J connectivity index is 1.57. The maximum atomic E-state index is 13.4. The number of carbonyl (C=O) groups is 4. The van der Waals surface area contributed by atoms with E-state index in [1.165, 1.54) is 17.0 Å². The second-order valence-electron chi connectivity index (χ2n) is 8.65. The molecule has 178 valence electrons. The molecule has 0 unspecified atom stereocenters. The molecule has 9 nitrogen and oxygen atoms in total. The van der Waals surface area contributed by atoms with Crippen molar-refractivity contribution in [2.24, 2.45) is 0 Å². The molecule has 2 fully saturated rings. The lowest BCUT2D eigenvalue weighted by Crippen LogP contribution is -2.59. The van der Waals surface area contributed by atoms with E-state index in [-0.39, 0.29) is 31.0 Å². The Bertz CT molecular complexity index is 1060. The predicted molar refractivity (Wildman–Crippen MR) is 124 cm³/mol. The van der Waals surface area contributed by atoms with Crippen LogP contribution in [0.2, 0.25) is 0 Å². The first-order valence-corrected chi connectivity index (χ1v) is 11.4. The zero-order chi connectivity index (χ0) is 24.1. The number of nitrogens with zero attached hydrogens (tertiary/aromatic N) is 1. The van der Waals surface area contributed by atoms with Crippen LogP contribution in [0.4, 0.5) is 0 Å². The molecule has 34 heavy (non-hydrogen) atoms. The van der Waals surface area contributed by atoms with Crippen molar-refractivity contribution in [1.29, 1.82) is 0 Å². The first kappa shape index (κ1) is 23.3. The highest BCUT2D eigenvalue weighted by atomic mass is 16.3. The van der Waals surface area contributed by atoms with Crippen LogP contribution in [0.5, 0.6) is 5.75 Å². The summed E-state index contributed by atoms with van der Waals surface area (Å²) in [6.07, 6.45) is 1.60. The van der Waals surface area contributed by atoms with Crippen LogP contribution in [0, 0.1) is 0 Å². The first-order valence-electron chi connectivity index (χ1n) is 11.4. The van der Waals surface area contributed by atoms with Gasteiger partial charge >= 0.3 is 0 Å². The Labute approximate surface area is 197 Å². The molecule has 2 aliphatic heterocycles. The largest absolute Gasteiger partial charge is 0.508 e. The van der Waals surface area contributed by atoms with E-state index in [0.29, 0.717) is 19.4 Å². The van der Waals surface area contributed by atoms with E-state index in [1.807, 2.05) is 30.3 Å². The monoisotopic (exact) mass is 464 g/mol. The molecule has 0 spiro atoms. The van der Waals surface area contributed by atoms with Gasteiger partial charge in [-0.2, -0.15) is 0 Å². The molecule has 0 bridgehead atoms. The molecule has 0 aromatic heterocycles. The van der Waals surface area contributed by atoms with Crippen molar-refractivity contribution < 1.29 is 24.3 Å². The van der Waals surface area contributed by atoms with Crippen molar-refractivity contribution in [2.75, 3.05) is 13.1 Å². The maximum absolute atomic E-state index is 13.4. The molecule has 4 rings (SSSR count). The van der Waals surface area contributed by atoms with Gasteiger partial charge in [0.25, 0.3) is 0 Å². The minimum absolute atomic E-state index is 0.0952. The molecule has 4 amide bonds. The molecule has 0 radical (unpaired) electrons. The lowest BCUT2D eigenvalue weighted by atomic mass is 10.0. The molecule has 2 aromatic carbocycles. The van der Waals surface area contributed by atoms with Crippen LogP contribution in [0.1, 0.15) is 24.0 Å². The topological polar surface area (TPSA) is 128 Å². The van der Waals surface area contributed by atoms with Crippen LogP contribution in [-0.4, -0.2) is 64.9 Å². The van der Waals surface area contributed by atoms with Gasteiger partial charge in [0.1, 0.15) is 23.9 Å². The van der Waals surface area contributed by atoms with Gasteiger partial charge in [-0.3, -0.25) is 19.2 Å². The van der Waals surface area contributed by atoms with E-state index in [4.69, 9.17) is 0 Å². The summed E-state index contributed by atoms with van der Waals surface area (Å²) in [5.74, 6) is -1.58. The van der Waals surface area contributed by atoms with Gasteiger partial charge in [0.2, 0.25) is 23.6 Å². The molecular weight excluding hydrogens is 436 g/mol. The molecule has 2 aromatic rings. The lowest BCUT2D eigenvalue weighted by molar-refractivity contribution is -0.142. The number of rotatable bonds is 4. The Morgan fingerprint density at radius 3 is 2.24 bits per heavy atom. The predicted octanol–water partition coefficient (Wildman–Crippen LogP) is 0.268. The van der Waals surface area contributed by atoms with Crippen molar-refractivity contribution in [2.45, 2.75) is 43.8 Å². The van der Waals surface area contributed by atoms with E-state index < -0.39 is 35.8 Å². The number of hydrogen-bond acceptors (Lipinski definition) is 5. The van der Waals surface area contributed by atoms with Gasteiger partial charge in [-0.25, -0.2) is 0 Å². The summed E-state index contributed by atoms with van der Waals surface area (Å²) in [4.78, 5) is 53.6. The first-order chi connectivity index (χ1) is 16.4. The Morgan fingerprint density at radius 1 is 0.824 bits per heavy atom. The summed E-state index contributed by atoms with van der Waals surface area (Å²) in [6.45, 7) is 0.0929. The van der Waals surface area contributed by atoms with Gasteiger partial charge in [0, 0.05) is 19.4 Å². The van der Waals surface area contributed by atoms with Crippen LogP contribution >= 0.6 is 0 Å². The van der Waals surface area contributed by atoms with Gasteiger partial charge in [-0.05, 0) is 36.1 Å². The molecule has 2 heterocycles. The normalized spacial score (nSPS) is 23.8. The molecule has 2 saturated heterocycles. The molecule has 0 saturated carbocycles. The fraction of sp³-hybridized carbons (Fsp3) is 0.360. The highest BCUT2D eigenvalue weighted by Gasteiger charge is 2.39. The summed E-state index contributed by atoms with van der Waals surface area (Å²) in [5.41, 5.74) is 1.61. The number of fused-ring (bicyclic) bond motifs is 1. The summed E-state index contributed by atoms with van der Waals surface area (Å²) in [5, 5.41) is 17.6. The van der Waals surface area contributed by atoms with Crippen LogP contribution in [-0.2, 0) is 32.0 Å². The van der Waals surface area contributed by atoms with E-state index in [1.54, 1.807) is 12.1 Å². The minimum atomic E-state index is -0.929. The number of hydrogen-bond donors (Lipinski definition) is 4. The smallest absolute Gasteiger partial charge is 0.246 e. The van der Waals surface area contributed by atoms with Crippen molar-refractivity contribution >= 4 is 23.6 Å².